The van der Waals surface area contributed by atoms with Crippen molar-refractivity contribution in [2.75, 3.05) is 14.2 Å². The highest BCUT2D eigenvalue weighted by molar-refractivity contribution is 5.82. The number of carbonyl (C=O) groups is 3. The SMILES string of the molecule is C.C.C.CC(=O)OC(C)=O.CC(C)=O.COC. The predicted octanol–water partition coefficient (Wildman–Crippen LogP) is 2.86. The molecule has 5 nitrogen and oxygen atoms in total. The van der Waals surface area contributed by atoms with Gasteiger partial charge in [0, 0.05) is 28.1 Å². The number of esters is 2. The lowest BCUT2D eigenvalue weighted by atomic mass is 10.6. The van der Waals surface area contributed by atoms with Crippen LogP contribution in [-0.4, -0.2) is 31.9 Å². The second kappa shape index (κ2) is 29.3. The molecule has 0 bridgehead atoms. The summed E-state index contributed by atoms with van der Waals surface area (Å²) in [5, 5.41) is 0. The minimum Gasteiger partial charge on any atom is -0.394 e. The summed E-state index contributed by atoms with van der Waals surface area (Å²) in [6, 6.07) is 0. The largest absolute Gasteiger partial charge is 0.394 e. The Kier molecular flexibility index (Phi) is 62.2. The summed E-state index contributed by atoms with van der Waals surface area (Å²) in [6.45, 7) is 5.42. The number of carbonyl (C=O) groups excluding carboxylic acids is 3. The molecule has 0 fully saturated rings. The molecule has 0 aliphatic heterocycles. The molecule has 0 N–H and O–H groups in total. The Labute approximate surface area is 106 Å². The minimum absolute atomic E-state index is 0. The Morgan fingerprint density at radius 3 is 0.824 bits per heavy atom. The fourth-order valence-electron chi connectivity index (χ4n) is 0.202. The van der Waals surface area contributed by atoms with E-state index in [9.17, 15) is 14.4 Å². The van der Waals surface area contributed by atoms with Crippen molar-refractivity contribution in [2.45, 2.75) is 50.0 Å². The van der Waals surface area contributed by atoms with Gasteiger partial charge in [0.25, 0.3) is 0 Å². The Morgan fingerprint density at radius 2 is 0.824 bits per heavy atom. The van der Waals surface area contributed by atoms with Crippen LogP contribution in [-0.2, 0) is 23.9 Å². The average molecular weight is 254 g/mol. The number of hydrogen-bond donors (Lipinski definition) is 0. The van der Waals surface area contributed by atoms with Crippen LogP contribution in [0.3, 0.4) is 0 Å². The van der Waals surface area contributed by atoms with E-state index >= 15 is 0 Å². The molecule has 0 atom stereocenters. The van der Waals surface area contributed by atoms with Gasteiger partial charge in [0.1, 0.15) is 5.78 Å². The molecular formula is C12H30O5. The van der Waals surface area contributed by atoms with E-state index in [0.29, 0.717) is 0 Å². The highest BCUT2D eigenvalue weighted by Gasteiger charge is 1.93. The fourth-order valence-corrected chi connectivity index (χ4v) is 0.202. The lowest BCUT2D eigenvalue weighted by Gasteiger charge is -1.87. The van der Waals surface area contributed by atoms with Gasteiger partial charge in [-0.25, -0.2) is 0 Å². The summed E-state index contributed by atoms with van der Waals surface area (Å²) in [7, 11) is 3.25. The van der Waals surface area contributed by atoms with Gasteiger partial charge in [0.15, 0.2) is 0 Å². The summed E-state index contributed by atoms with van der Waals surface area (Å²) in [4.78, 5) is 29.1. The Bertz CT molecular complexity index is 160. The third-order valence-corrected chi connectivity index (χ3v) is 0.287. The average Bonchev–Trinajstić information content (AvgIpc) is 1.82. The predicted molar refractivity (Wildman–Crippen MR) is 71.9 cm³/mol. The van der Waals surface area contributed by atoms with Crippen molar-refractivity contribution in [1.29, 1.82) is 0 Å². The van der Waals surface area contributed by atoms with Gasteiger partial charge in [0.2, 0.25) is 0 Å². The van der Waals surface area contributed by atoms with Crippen LogP contribution >= 0.6 is 0 Å². The van der Waals surface area contributed by atoms with Crippen molar-refractivity contribution >= 4 is 17.7 Å². The first-order valence-corrected chi connectivity index (χ1v) is 3.84. The van der Waals surface area contributed by atoms with E-state index < -0.39 is 11.9 Å². The molecule has 0 saturated heterocycles. The number of hydrogen-bond acceptors (Lipinski definition) is 5. The van der Waals surface area contributed by atoms with Gasteiger partial charge in [-0.15, -0.1) is 0 Å². The van der Waals surface area contributed by atoms with Gasteiger partial charge < -0.3 is 14.3 Å². The van der Waals surface area contributed by atoms with E-state index in [2.05, 4.69) is 9.47 Å². The maximum absolute atomic E-state index is 9.81. The zero-order chi connectivity index (χ0) is 12.1. The molecule has 0 spiro atoms. The van der Waals surface area contributed by atoms with Crippen LogP contribution in [0.25, 0.3) is 0 Å². The van der Waals surface area contributed by atoms with E-state index in [1.165, 1.54) is 27.7 Å². The lowest BCUT2D eigenvalue weighted by molar-refractivity contribution is -0.156. The smallest absolute Gasteiger partial charge is 0.310 e. The van der Waals surface area contributed by atoms with Crippen LogP contribution in [0.5, 0.6) is 0 Å². The number of Topliss-reactive ketones (excluding diaryl/α,β-unsaturated/α-hetero) is 1. The Morgan fingerprint density at radius 1 is 0.706 bits per heavy atom. The summed E-state index contributed by atoms with van der Waals surface area (Å²) in [5.41, 5.74) is 0. The van der Waals surface area contributed by atoms with Crippen LogP contribution in [0, 0.1) is 0 Å². The van der Waals surface area contributed by atoms with Gasteiger partial charge in [-0.3, -0.25) is 9.59 Å². The Hall–Kier alpha value is -1.23. The Balaban J connectivity index is -0.0000000268. The first-order valence-electron chi connectivity index (χ1n) is 3.84. The van der Waals surface area contributed by atoms with Crippen molar-refractivity contribution in [3.63, 3.8) is 0 Å². The molecule has 0 aliphatic rings. The monoisotopic (exact) mass is 254 g/mol. The van der Waals surface area contributed by atoms with Gasteiger partial charge in [0.05, 0.1) is 0 Å². The summed E-state index contributed by atoms with van der Waals surface area (Å²) in [6.07, 6.45) is 0. The van der Waals surface area contributed by atoms with Crippen LogP contribution in [0.4, 0.5) is 0 Å². The first kappa shape index (κ1) is 36.0. The van der Waals surface area contributed by atoms with E-state index in [4.69, 9.17) is 0 Å². The van der Waals surface area contributed by atoms with Gasteiger partial charge in [-0.05, 0) is 13.8 Å². The molecule has 0 aromatic rings. The summed E-state index contributed by atoms with van der Waals surface area (Å²) < 4.78 is 8.22. The normalized spacial score (nSPS) is 5.76. The van der Waals surface area contributed by atoms with E-state index in [1.54, 1.807) is 14.2 Å². The number of ketones is 1. The van der Waals surface area contributed by atoms with Crippen LogP contribution in [0.2, 0.25) is 0 Å². The molecule has 0 unspecified atom stereocenters. The van der Waals surface area contributed by atoms with Crippen molar-refractivity contribution < 1.29 is 23.9 Å². The van der Waals surface area contributed by atoms with Crippen LogP contribution < -0.4 is 0 Å². The highest BCUT2D eigenvalue weighted by atomic mass is 16.6. The third kappa shape index (κ3) is 314. The molecule has 108 valence electrons. The zero-order valence-corrected chi connectivity index (χ0v) is 9.54. The number of methoxy groups -OCH3 is 1. The number of rotatable bonds is 0. The molecule has 0 aromatic carbocycles. The molecule has 0 saturated carbocycles. The van der Waals surface area contributed by atoms with Crippen molar-refractivity contribution in [3.8, 4) is 0 Å². The molecule has 0 aromatic heterocycles. The van der Waals surface area contributed by atoms with Crippen molar-refractivity contribution in [2.24, 2.45) is 0 Å². The first-order chi connectivity index (χ1) is 6.27. The molecular weight excluding hydrogens is 224 g/mol. The van der Waals surface area contributed by atoms with E-state index in [1.807, 2.05) is 0 Å². The maximum Gasteiger partial charge on any atom is 0.310 e. The van der Waals surface area contributed by atoms with Crippen molar-refractivity contribution in [1.82, 2.24) is 0 Å². The maximum atomic E-state index is 9.81. The zero-order valence-electron chi connectivity index (χ0n) is 9.54. The molecule has 17 heavy (non-hydrogen) atoms. The second-order valence-corrected chi connectivity index (χ2v) is 2.40. The number of ether oxygens (including phenoxy) is 2. The van der Waals surface area contributed by atoms with E-state index in [-0.39, 0.29) is 28.1 Å². The van der Waals surface area contributed by atoms with Gasteiger partial charge in [-0.1, -0.05) is 22.3 Å². The lowest BCUT2D eigenvalue weighted by Crippen LogP contribution is -2.03. The summed E-state index contributed by atoms with van der Waals surface area (Å²) >= 11 is 0. The quantitative estimate of drug-likeness (QED) is 0.491. The van der Waals surface area contributed by atoms with E-state index in [0.717, 1.165) is 0 Å². The van der Waals surface area contributed by atoms with Crippen LogP contribution in [0.1, 0.15) is 50.0 Å². The molecule has 0 amide bonds. The van der Waals surface area contributed by atoms with Gasteiger partial charge in [-0.2, -0.15) is 0 Å². The molecule has 0 rings (SSSR count). The molecule has 0 radical (unpaired) electrons. The van der Waals surface area contributed by atoms with Crippen LogP contribution in [0.15, 0.2) is 0 Å². The second-order valence-electron chi connectivity index (χ2n) is 2.40. The van der Waals surface area contributed by atoms with Crippen molar-refractivity contribution in [3.05, 3.63) is 0 Å². The minimum atomic E-state index is -0.562. The summed E-state index contributed by atoms with van der Waals surface area (Å²) in [5.74, 6) is -0.958. The molecule has 5 heteroatoms. The topological polar surface area (TPSA) is 69.7 Å². The van der Waals surface area contributed by atoms with Gasteiger partial charge >= 0.3 is 11.9 Å². The highest BCUT2D eigenvalue weighted by Crippen LogP contribution is 1.73. The third-order valence-electron chi connectivity index (χ3n) is 0.287. The molecule has 0 heterocycles. The fraction of sp³-hybridized carbons (Fsp3) is 0.750. The standard InChI is InChI=1S/C4H6O3.C3H6O.C2H6O.3CH4/c1-3(5)7-4(2)6;1-3(2)4;1-3-2;;;/h1-2H3;1-2H3;1-2H3;3*1H4. The molecule has 0 aliphatic carbocycles.